The molecule has 0 saturated carbocycles. The molecule has 3 heterocycles. The van der Waals surface area contributed by atoms with Crippen LogP contribution in [0.15, 0.2) is 152 Å². The third-order valence-electron chi connectivity index (χ3n) is 11.4. The smallest absolute Gasteiger partial charge is 0.167 e. The first kappa shape index (κ1) is 30.1. The number of hydrogen-bond donors (Lipinski definition) is 0. The van der Waals surface area contributed by atoms with Crippen LogP contribution in [0, 0.1) is 0 Å². The molecule has 0 saturated heterocycles. The minimum absolute atomic E-state index is 0.0502. The van der Waals surface area contributed by atoms with Gasteiger partial charge < -0.3 is 9.30 Å². The molecule has 2 aliphatic carbocycles. The Hall–Kier alpha value is -6.59. The second kappa shape index (κ2) is 11.2. The Morgan fingerprint density at radius 3 is 2.00 bits per heavy atom. The molecule has 0 spiro atoms. The van der Waals surface area contributed by atoms with E-state index in [4.69, 9.17) is 19.7 Å². The van der Waals surface area contributed by atoms with Gasteiger partial charge in [-0.15, -0.1) is 0 Å². The first-order valence-corrected chi connectivity index (χ1v) is 18.3. The second-order valence-electron chi connectivity index (χ2n) is 14.7. The van der Waals surface area contributed by atoms with E-state index < -0.39 is 0 Å². The second-order valence-corrected chi connectivity index (χ2v) is 14.7. The molecular formula is C48H34N4O. The predicted octanol–water partition coefficient (Wildman–Crippen LogP) is 11.4. The average molecular weight is 683 g/mol. The fourth-order valence-electron chi connectivity index (χ4n) is 8.91. The summed E-state index contributed by atoms with van der Waals surface area (Å²) >= 11 is 0. The fraction of sp³-hybridized carbons (Fsp3) is 0.104. The highest BCUT2D eigenvalue weighted by molar-refractivity contribution is 5.93. The Balaban J connectivity index is 1.05. The van der Waals surface area contributed by atoms with Crippen molar-refractivity contribution in [3.63, 3.8) is 0 Å². The van der Waals surface area contributed by atoms with Gasteiger partial charge in [-0.05, 0) is 52.6 Å². The molecular weight excluding hydrogens is 649 g/mol. The number of rotatable bonds is 4. The monoisotopic (exact) mass is 682 g/mol. The maximum absolute atomic E-state index is 7.16. The van der Waals surface area contributed by atoms with Crippen molar-refractivity contribution in [1.82, 2.24) is 19.5 Å². The zero-order valence-corrected chi connectivity index (χ0v) is 29.4. The molecule has 252 valence electrons. The lowest BCUT2D eigenvalue weighted by Gasteiger charge is -2.24. The number of aromatic nitrogens is 4. The lowest BCUT2D eigenvalue weighted by molar-refractivity contribution is 0.225. The molecule has 3 aliphatic rings. The third-order valence-corrected chi connectivity index (χ3v) is 11.4. The Morgan fingerprint density at radius 2 is 1.23 bits per heavy atom. The van der Waals surface area contributed by atoms with Gasteiger partial charge in [0, 0.05) is 44.7 Å². The lowest BCUT2D eigenvalue weighted by atomic mass is 9.82. The van der Waals surface area contributed by atoms with Gasteiger partial charge in [-0.3, -0.25) is 0 Å². The van der Waals surface area contributed by atoms with Crippen LogP contribution < -0.4 is 4.74 Å². The molecule has 6 aromatic carbocycles. The number of fused-ring (bicyclic) bond motifs is 10. The van der Waals surface area contributed by atoms with Crippen molar-refractivity contribution in [2.75, 3.05) is 0 Å². The van der Waals surface area contributed by atoms with Crippen LogP contribution in [0.1, 0.15) is 53.8 Å². The number of ether oxygens (including phenoxy) is 1. The lowest BCUT2D eigenvalue weighted by Crippen LogP contribution is -2.16. The number of nitrogens with zero attached hydrogens (tertiary/aromatic N) is 4. The molecule has 2 atom stereocenters. The largest absolute Gasteiger partial charge is 0.484 e. The van der Waals surface area contributed by atoms with Crippen molar-refractivity contribution in [3.8, 4) is 56.7 Å². The summed E-state index contributed by atoms with van der Waals surface area (Å²) in [4.78, 5) is 15.1. The van der Waals surface area contributed by atoms with Crippen LogP contribution in [0.4, 0.5) is 0 Å². The Labute approximate surface area is 307 Å². The molecule has 11 rings (SSSR count). The van der Waals surface area contributed by atoms with Gasteiger partial charge in [-0.2, -0.15) is 0 Å². The highest BCUT2D eigenvalue weighted by atomic mass is 16.5. The van der Waals surface area contributed by atoms with Crippen molar-refractivity contribution < 1.29 is 4.74 Å². The highest BCUT2D eigenvalue weighted by Gasteiger charge is 2.42. The Morgan fingerprint density at radius 1 is 0.585 bits per heavy atom. The standard InChI is InChI=1S/C48H34N4O/c1-48(2)38-22-11-9-18-32(38)33-25-24-31(28-39(33)48)52-40-23-12-10-19-36(40)42-41(52)27-26-35-34-20-13-21-37(43(34)53-44(35)42)47-50-45(29-14-5-3-6-15-29)49-46(51-47)30-16-7-4-8-17-30/h3-28,35,44H,1-2H3. The van der Waals surface area contributed by atoms with E-state index in [-0.39, 0.29) is 17.4 Å². The van der Waals surface area contributed by atoms with Crippen LogP contribution >= 0.6 is 0 Å². The van der Waals surface area contributed by atoms with Gasteiger partial charge in [0.1, 0.15) is 11.9 Å². The van der Waals surface area contributed by atoms with E-state index in [2.05, 4.69) is 115 Å². The van der Waals surface area contributed by atoms with E-state index in [1.807, 2.05) is 60.7 Å². The topological polar surface area (TPSA) is 52.8 Å². The maximum Gasteiger partial charge on any atom is 0.167 e. The van der Waals surface area contributed by atoms with E-state index in [1.54, 1.807) is 0 Å². The molecule has 53 heavy (non-hydrogen) atoms. The van der Waals surface area contributed by atoms with Crippen LogP contribution in [0.2, 0.25) is 0 Å². The van der Waals surface area contributed by atoms with Gasteiger partial charge in [-0.1, -0.05) is 141 Å². The average Bonchev–Trinajstić information content (AvgIpc) is 3.84. The first-order valence-electron chi connectivity index (χ1n) is 18.3. The molecule has 8 aromatic rings. The minimum Gasteiger partial charge on any atom is -0.484 e. The van der Waals surface area contributed by atoms with Gasteiger partial charge in [0.25, 0.3) is 0 Å². The van der Waals surface area contributed by atoms with Crippen molar-refractivity contribution in [2.45, 2.75) is 31.3 Å². The van der Waals surface area contributed by atoms with Gasteiger partial charge >= 0.3 is 0 Å². The predicted molar refractivity (Wildman–Crippen MR) is 212 cm³/mol. The summed E-state index contributed by atoms with van der Waals surface area (Å²) in [6.07, 6.45) is 4.43. The van der Waals surface area contributed by atoms with Crippen LogP contribution in [-0.2, 0) is 5.41 Å². The zero-order valence-electron chi connectivity index (χ0n) is 29.4. The van der Waals surface area contributed by atoms with E-state index in [1.165, 1.54) is 38.7 Å². The van der Waals surface area contributed by atoms with Crippen LogP contribution in [0.3, 0.4) is 0 Å². The van der Waals surface area contributed by atoms with Crippen LogP contribution in [0.5, 0.6) is 5.75 Å². The summed E-state index contributed by atoms with van der Waals surface area (Å²) in [5.74, 6) is 2.75. The van der Waals surface area contributed by atoms with Crippen molar-refractivity contribution >= 4 is 17.0 Å². The molecule has 1 aliphatic heterocycles. The van der Waals surface area contributed by atoms with Crippen molar-refractivity contribution in [2.24, 2.45) is 0 Å². The summed E-state index contributed by atoms with van der Waals surface area (Å²) in [6, 6.07) is 51.1. The van der Waals surface area contributed by atoms with Crippen molar-refractivity contribution in [1.29, 1.82) is 0 Å². The Bertz CT molecular complexity index is 2740. The molecule has 5 heteroatoms. The summed E-state index contributed by atoms with van der Waals surface area (Å²) in [7, 11) is 0. The summed E-state index contributed by atoms with van der Waals surface area (Å²) < 4.78 is 9.58. The highest BCUT2D eigenvalue weighted by Crippen LogP contribution is 2.56. The van der Waals surface area contributed by atoms with Crippen molar-refractivity contribution in [3.05, 3.63) is 180 Å². The first-order chi connectivity index (χ1) is 26.0. The van der Waals surface area contributed by atoms with E-state index in [0.29, 0.717) is 17.5 Å². The van der Waals surface area contributed by atoms with Gasteiger partial charge in [0.2, 0.25) is 0 Å². The van der Waals surface area contributed by atoms with Crippen LogP contribution in [0.25, 0.3) is 68.0 Å². The summed E-state index contributed by atoms with van der Waals surface area (Å²) in [6.45, 7) is 4.68. The van der Waals surface area contributed by atoms with Crippen LogP contribution in [-0.4, -0.2) is 19.5 Å². The van der Waals surface area contributed by atoms with Gasteiger partial charge in [0.15, 0.2) is 17.5 Å². The van der Waals surface area contributed by atoms with Gasteiger partial charge in [0.05, 0.1) is 16.8 Å². The summed E-state index contributed by atoms with van der Waals surface area (Å²) in [5.41, 5.74) is 13.9. The van der Waals surface area contributed by atoms with Gasteiger partial charge in [-0.25, -0.2) is 15.0 Å². The van der Waals surface area contributed by atoms with E-state index in [0.717, 1.165) is 39.4 Å². The quantitative estimate of drug-likeness (QED) is 0.185. The maximum atomic E-state index is 7.16. The Kier molecular flexibility index (Phi) is 6.36. The molecule has 0 N–H and O–H groups in total. The number of para-hydroxylation sites is 2. The molecule has 2 aromatic heterocycles. The summed E-state index contributed by atoms with van der Waals surface area (Å²) in [5, 5.41) is 1.21. The molecule has 0 fully saturated rings. The number of hydrogen-bond acceptors (Lipinski definition) is 4. The SMILES string of the molecule is CC1(C)c2ccccc2-c2ccc(-n3c4c(c5ccccc53)C3Oc5c(-c6nc(-c7ccccc7)nc(-c7ccccc7)n6)cccc5C3C=C4)cc21. The number of benzene rings is 6. The molecule has 0 bridgehead atoms. The molecule has 0 radical (unpaired) electrons. The minimum atomic E-state index is -0.198. The molecule has 2 unspecified atom stereocenters. The molecule has 0 amide bonds. The third kappa shape index (κ3) is 4.40. The molecule has 5 nitrogen and oxygen atoms in total. The zero-order chi connectivity index (χ0) is 35.3. The fourth-order valence-corrected chi connectivity index (χ4v) is 8.91. The normalized spacial score (nSPS) is 17.1. The van der Waals surface area contributed by atoms with E-state index in [9.17, 15) is 0 Å². The van der Waals surface area contributed by atoms with E-state index >= 15 is 0 Å².